The summed E-state index contributed by atoms with van der Waals surface area (Å²) in [6.45, 7) is 6.58. The Labute approximate surface area is 110 Å². The summed E-state index contributed by atoms with van der Waals surface area (Å²) >= 11 is 0. The molecule has 0 saturated carbocycles. The Bertz CT molecular complexity index is 448. The molecule has 0 aliphatic heterocycles. The van der Waals surface area contributed by atoms with E-state index in [-0.39, 0.29) is 5.82 Å². The van der Waals surface area contributed by atoms with Crippen molar-refractivity contribution in [2.24, 2.45) is 0 Å². The first-order chi connectivity index (χ1) is 8.44. The number of benzene rings is 1. The van der Waals surface area contributed by atoms with Crippen molar-refractivity contribution in [1.29, 1.82) is 0 Å². The van der Waals surface area contributed by atoms with Crippen molar-refractivity contribution in [1.82, 2.24) is 0 Å². The fraction of sp³-hybridized carbons (Fsp3) is 0.467. The largest absolute Gasteiger partial charge is 0.548 e. The minimum Gasteiger partial charge on any atom is -0.548 e. The van der Waals surface area contributed by atoms with Crippen molar-refractivity contribution in [3.05, 3.63) is 47.5 Å². The molecule has 0 aromatic heterocycles. The lowest BCUT2D eigenvalue weighted by Gasteiger charge is -2.27. The molecule has 1 unspecified atom stereocenters. The highest BCUT2D eigenvalue weighted by molar-refractivity contribution is 6.70. The molecule has 1 aromatic rings. The minimum atomic E-state index is -1.53. The number of rotatable bonds is 3. The van der Waals surface area contributed by atoms with Gasteiger partial charge in [-0.15, -0.1) is 0 Å². The van der Waals surface area contributed by atoms with Gasteiger partial charge in [0.25, 0.3) is 0 Å². The molecule has 0 fully saturated rings. The number of halogens is 1. The van der Waals surface area contributed by atoms with E-state index in [1.54, 1.807) is 12.1 Å². The summed E-state index contributed by atoms with van der Waals surface area (Å²) in [5, 5.41) is 0. The molecular weight excluding hydrogens is 243 g/mol. The van der Waals surface area contributed by atoms with Crippen LogP contribution in [0.2, 0.25) is 19.6 Å². The third-order valence-corrected chi connectivity index (χ3v) is 3.91. The monoisotopic (exact) mass is 264 g/mol. The van der Waals surface area contributed by atoms with E-state index in [1.807, 2.05) is 6.07 Å². The van der Waals surface area contributed by atoms with E-state index in [4.69, 9.17) is 4.43 Å². The molecule has 18 heavy (non-hydrogen) atoms. The van der Waals surface area contributed by atoms with E-state index in [1.165, 1.54) is 6.07 Å². The normalized spacial score (nSPS) is 20.4. The van der Waals surface area contributed by atoms with Crippen molar-refractivity contribution in [3.63, 3.8) is 0 Å². The van der Waals surface area contributed by atoms with Gasteiger partial charge in [0, 0.05) is 12.3 Å². The van der Waals surface area contributed by atoms with Crippen LogP contribution in [0.3, 0.4) is 0 Å². The summed E-state index contributed by atoms with van der Waals surface area (Å²) < 4.78 is 19.3. The smallest absolute Gasteiger partial charge is 0.241 e. The molecule has 1 atom stereocenters. The van der Waals surface area contributed by atoms with Crippen LogP contribution in [0.4, 0.5) is 4.39 Å². The van der Waals surface area contributed by atoms with Crippen molar-refractivity contribution >= 4 is 8.32 Å². The highest BCUT2D eigenvalue weighted by Gasteiger charge is 2.22. The van der Waals surface area contributed by atoms with Crippen LogP contribution in [0, 0.1) is 5.82 Å². The van der Waals surface area contributed by atoms with Gasteiger partial charge >= 0.3 is 0 Å². The summed E-state index contributed by atoms with van der Waals surface area (Å²) in [4.78, 5) is 0. The highest BCUT2D eigenvalue weighted by Crippen LogP contribution is 2.32. The minimum absolute atomic E-state index is 0.154. The third kappa shape index (κ3) is 3.70. The first-order valence-electron chi connectivity index (χ1n) is 6.59. The van der Waals surface area contributed by atoms with Gasteiger partial charge in [-0.3, -0.25) is 0 Å². The maximum atomic E-state index is 13.2. The van der Waals surface area contributed by atoms with Crippen LogP contribution in [-0.2, 0) is 4.43 Å². The molecule has 0 spiro atoms. The van der Waals surface area contributed by atoms with Gasteiger partial charge in [-0.2, -0.15) is 0 Å². The fourth-order valence-corrected chi connectivity index (χ4v) is 3.32. The van der Waals surface area contributed by atoms with E-state index in [0.29, 0.717) is 5.92 Å². The highest BCUT2D eigenvalue weighted by atomic mass is 28.4. The van der Waals surface area contributed by atoms with Gasteiger partial charge in [0.05, 0.1) is 5.76 Å². The maximum Gasteiger partial charge on any atom is 0.241 e. The lowest BCUT2D eigenvalue weighted by molar-refractivity contribution is 0.373. The standard InChI is InChI=1S/C15H21FOSi/c1-18(2,3)17-15-9-5-7-13(11-15)12-6-4-8-14(16)10-12/h4,6,8,10-11,13H,5,7,9H2,1-3H3. The average molecular weight is 264 g/mol. The van der Waals surface area contributed by atoms with Gasteiger partial charge in [0.1, 0.15) is 5.82 Å². The average Bonchev–Trinajstić information content (AvgIpc) is 2.27. The van der Waals surface area contributed by atoms with Crippen LogP contribution in [0.5, 0.6) is 0 Å². The molecule has 3 heteroatoms. The van der Waals surface area contributed by atoms with Crippen LogP contribution in [0.1, 0.15) is 30.7 Å². The molecule has 1 aliphatic carbocycles. The Morgan fingerprint density at radius 2 is 2.06 bits per heavy atom. The first-order valence-corrected chi connectivity index (χ1v) is 10.00. The fourth-order valence-electron chi connectivity index (χ4n) is 2.37. The summed E-state index contributed by atoms with van der Waals surface area (Å²) in [5.74, 6) is 1.26. The Morgan fingerprint density at radius 3 is 2.72 bits per heavy atom. The maximum absolute atomic E-state index is 13.2. The summed E-state index contributed by atoms with van der Waals surface area (Å²) in [5.41, 5.74) is 1.06. The van der Waals surface area contributed by atoms with Gasteiger partial charge in [0.15, 0.2) is 0 Å². The molecule has 98 valence electrons. The van der Waals surface area contributed by atoms with Crippen LogP contribution >= 0.6 is 0 Å². The predicted molar refractivity (Wildman–Crippen MR) is 75.5 cm³/mol. The molecular formula is C15H21FOSi. The van der Waals surface area contributed by atoms with Gasteiger partial charge < -0.3 is 4.43 Å². The second-order valence-corrected chi connectivity index (χ2v) is 10.3. The first kappa shape index (κ1) is 13.3. The molecule has 0 radical (unpaired) electrons. The number of hydrogen-bond donors (Lipinski definition) is 0. The molecule has 1 aliphatic rings. The lowest BCUT2D eigenvalue weighted by atomic mass is 9.88. The Hall–Kier alpha value is -1.09. The van der Waals surface area contributed by atoms with Gasteiger partial charge in [-0.05, 0) is 56.3 Å². The Balaban J connectivity index is 2.17. The lowest BCUT2D eigenvalue weighted by Crippen LogP contribution is -2.25. The SMILES string of the molecule is C[Si](C)(C)OC1=CC(c2cccc(F)c2)CCC1. The quantitative estimate of drug-likeness (QED) is 0.711. The molecule has 1 nitrogen and oxygen atoms in total. The Morgan fingerprint density at radius 1 is 1.28 bits per heavy atom. The van der Waals surface area contributed by atoms with Crippen LogP contribution in [0.15, 0.2) is 36.1 Å². The van der Waals surface area contributed by atoms with Gasteiger partial charge in [-0.25, -0.2) is 4.39 Å². The van der Waals surface area contributed by atoms with Gasteiger partial charge in [-0.1, -0.05) is 12.1 Å². The zero-order valence-electron chi connectivity index (χ0n) is 11.4. The van der Waals surface area contributed by atoms with Crippen molar-refractivity contribution < 1.29 is 8.82 Å². The van der Waals surface area contributed by atoms with Crippen molar-refractivity contribution in [3.8, 4) is 0 Å². The van der Waals surface area contributed by atoms with E-state index in [2.05, 4.69) is 25.7 Å². The zero-order chi connectivity index (χ0) is 13.2. The summed E-state index contributed by atoms with van der Waals surface area (Å²) in [7, 11) is -1.53. The van der Waals surface area contributed by atoms with Gasteiger partial charge in [0.2, 0.25) is 8.32 Å². The van der Waals surface area contributed by atoms with Crippen LogP contribution in [0.25, 0.3) is 0 Å². The molecule has 1 aromatic carbocycles. The topological polar surface area (TPSA) is 9.23 Å². The third-order valence-electron chi connectivity index (χ3n) is 3.04. The Kier molecular flexibility index (Phi) is 3.90. The second-order valence-electron chi connectivity index (χ2n) is 5.90. The predicted octanol–water partition coefficient (Wildman–Crippen LogP) is 4.83. The van der Waals surface area contributed by atoms with E-state index in [0.717, 1.165) is 30.6 Å². The van der Waals surface area contributed by atoms with E-state index < -0.39 is 8.32 Å². The number of allylic oxidation sites excluding steroid dienone is 2. The summed E-state index contributed by atoms with van der Waals surface area (Å²) in [6, 6.07) is 6.92. The van der Waals surface area contributed by atoms with Crippen molar-refractivity contribution in [2.75, 3.05) is 0 Å². The second kappa shape index (κ2) is 5.27. The van der Waals surface area contributed by atoms with E-state index >= 15 is 0 Å². The molecule has 2 rings (SSSR count). The molecule has 0 bridgehead atoms. The van der Waals surface area contributed by atoms with Crippen molar-refractivity contribution in [2.45, 2.75) is 44.8 Å². The molecule has 0 N–H and O–H groups in total. The van der Waals surface area contributed by atoms with Crippen LogP contribution < -0.4 is 0 Å². The zero-order valence-corrected chi connectivity index (χ0v) is 12.4. The van der Waals surface area contributed by atoms with E-state index in [9.17, 15) is 4.39 Å². The van der Waals surface area contributed by atoms with Crippen LogP contribution in [-0.4, -0.2) is 8.32 Å². The number of hydrogen-bond acceptors (Lipinski definition) is 1. The molecule has 0 saturated heterocycles. The molecule has 0 amide bonds. The molecule has 0 heterocycles. The summed E-state index contributed by atoms with van der Waals surface area (Å²) in [6.07, 6.45) is 5.42.